The van der Waals surface area contributed by atoms with Crippen molar-refractivity contribution in [3.05, 3.63) is 46.0 Å². The van der Waals surface area contributed by atoms with Gasteiger partial charge in [-0.15, -0.1) is 0 Å². The molecule has 0 saturated heterocycles. The molecule has 1 aromatic carbocycles. The van der Waals surface area contributed by atoms with Crippen LogP contribution in [0.4, 0.5) is 5.69 Å². The van der Waals surface area contributed by atoms with Gasteiger partial charge in [0.15, 0.2) is 0 Å². The highest BCUT2D eigenvalue weighted by Crippen LogP contribution is 2.26. The van der Waals surface area contributed by atoms with Gasteiger partial charge in [0, 0.05) is 28.7 Å². The van der Waals surface area contributed by atoms with Crippen molar-refractivity contribution >= 4 is 23.2 Å². The van der Waals surface area contributed by atoms with E-state index in [-0.39, 0.29) is 11.8 Å². The molecular weight excluding hydrogens is 286 g/mol. The molecule has 110 valence electrons. The summed E-state index contributed by atoms with van der Waals surface area (Å²) < 4.78 is 0. The van der Waals surface area contributed by atoms with Crippen molar-refractivity contribution in [2.45, 2.75) is 33.1 Å². The maximum Gasteiger partial charge on any atom is 0.227 e. The Kier molecular flexibility index (Phi) is 3.72. The van der Waals surface area contributed by atoms with E-state index in [1.54, 1.807) is 6.07 Å². The molecule has 0 aliphatic heterocycles. The summed E-state index contributed by atoms with van der Waals surface area (Å²) in [7, 11) is 0. The number of halogens is 1. The highest BCUT2D eigenvalue weighted by Gasteiger charge is 2.27. The monoisotopic (exact) mass is 303 g/mol. The van der Waals surface area contributed by atoms with E-state index >= 15 is 0 Å². The molecule has 3 rings (SSSR count). The quantitative estimate of drug-likeness (QED) is 0.893. The Morgan fingerprint density at radius 2 is 2.24 bits per heavy atom. The number of nitrogens with zero attached hydrogens (tertiary/aromatic N) is 1. The van der Waals surface area contributed by atoms with Crippen LogP contribution in [0.5, 0.6) is 0 Å². The molecule has 2 N–H and O–H groups in total. The standard InChI is InChI=1S/C16H18ClN3O/c1-9-3-5-12(17)8-14(9)20-16(21)11-4-6-13-15(7-11)19-10(2)18-13/h3,5,8,11H,4,6-7H2,1-2H3,(H,18,19)(H,20,21). The number of aromatic amines is 1. The molecule has 1 atom stereocenters. The van der Waals surface area contributed by atoms with Gasteiger partial charge < -0.3 is 10.3 Å². The molecule has 0 spiro atoms. The molecule has 1 amide bonds. The van der Waals surface area contributed by atoms with Crippen LogP contribution >= 0.6 is 11.6 Å². The summed E-state index contributed by atoms with van der Waals surface area (Å²) in [5.74, 6) is 0.959. The fourth-order valence-electron chi connectivity index (χ4n) is 2.81. The predicted octanol–water partition coefficient (Wildman–Crippen LogP) is 3.42. The second kappa shape index (κ2) is 5.53. The van der Waals surface area contributed by atoms with E-state index < -0.39 is 0 Å². The molecule has 1 aliphatic carbocycles. The molecule has 2 aromatic rings. The molecule has 21 heavy (non-hydrogen) atoms. The van der Waals surface area contributed by atoms with Gasteiger partial charge in [-0.3, -0.25) is 4.79 Å². The first-order valence-electron chi connectivity index (χ1n) is 7.14. The van der Waals surface area contributed by atoms with Crippen molar-refractivity contribution in [3.8, 4) is 0 Å². The second-order valence-electron chi connectivity index (χ2n) is 5.64. The molecule has 0 bridgehead atoms. The smallest absolute Gasteiger partial charge is 0.227 e. The highest BCUT2D eigenvalue weighted by atomic mass is 35.5. The maximum atomic E-state index is 12.5. The Bertz CT molecular complexity index is 693. The van der Waals surface area contributed by atoms with Crippen molar-refractivity contribution in [3.63, 3.8) is 0 Å². The fourth-order valence-corrected chi connectivity index (χ4v) is 2.98. The SMILES string of the molecule is Cc1nc2c([nH]1)CC(C(=O)Nc1cc(Cl)ccc1C)CC2. The first-order chi connectivity index (χ1) is 10.0. The molecule has 0 fully saturated rings. The molecule has 0 radical (unpaired) electrons. The van der Waals surface area contributed by atoms with E-state index in [1.165, 1.54) is 0 Å². The van der Waals surface area contributed by atoms with E-state index in [9.17, 15) is 4.79 Å². The average Bonchev–Trinajstić information content (AvgIpc) is 2.81. The fraction of sp³-hybridized carbons (Fsp3) is 0.375. The van der Waals surface area contributed by atoms with Gasteiger partial charge in [-0.05, 0) is 44.4 Å². The van der Waals surface area contributed by atoms with Gasteiger partial charge in [0.25, 0.3) is 0 Å². The largest absolute Gasteiger partial charge is 0.346 e. The van der Waals surface area contributed by atoms with Crippen LogP contribution in [0.1, 0.15) is 29.2 Å². The van der Waals surface area contributed by atoms with Gasteiger partial charge in [-0.2, -0.15) is 0 Å². The zero-order valence-electron chi connectivity index (χ0n) is 12.2. The molecule has 1 unspecified atom stereocenters. The van der Waals surface area contributed by atoms with E-state index in [0.717, 1.165) is 47.7 Å². The van der Waals surface area contributed by atoms with Crippen LogP contribution in [0, 0.1) is 19.8 Å². The number of amides is 1. The summed E-state index contributed by atoms with van der Waals surface area (Å²) in [6.07, 6.45) is 2.41. The van der Waals surface area contributed by atoms with Crippen LogP contribution in [0.2, 0.25) is 5.02 Å². The maximum absolute atomic E-state index is 12.5. The Morgan fingerprint density at radius 1 is 1.43 bits per heavy atom. The summed E-state index contributed by atoms with van der Waals surface area (Å²) in [6.45, 7) is 3.91. The third kappa shape index (κ3) is 2.95. The lowest BCUT2D eigenvalue weighted by atomic mass is 9.89. The predicted molar refractivity (Wildman–Crippen MR) is 83.7 cm³/mol. The van der Waals surface area contributed by atoms with Crippen LogP contribution in [-0.2, 0) is 17.6 Å². The normalized spacial score (nSPS) is 17.4. The molecule has 5 heteroatoms. The first-order valence-corrected chi connectivity index (χ1v) is 7.52. The number of carbonyl (C=O) groups is 1. The average molecular weight is 304 g/mol. The number of H-pyrrole nitrogens is 1. The lowest BCUT2D eigenvalue weighted by Crippen LogP contribution is -2.28. The van der Waals surface area contributed by atoms with Gasteiger partial charge in [-0.25, -0.2) is 4.98 Å². The van der Waals surface area contributed by atoms with Crippen LogP contribution < -0.4 is 5.32 Å². The molecular formula is C16H18ClN3O. The number of anilines is 1. The second-order valence-corrected chi connectivity index (χ2v) is 6.07. The molecule has 1 aromatic heterocycles. The van der Waals surface area contributed by atoms with Crippen molar-refractivity contribution < 1.29 is 4.79 Å². The minimum absolute atomic E-state index is 0.0178. The Balaban J connectivity index is 1.73. The number of aromatic nitrogens is 2. The number of rotatable bonds is 2. The molecule has 0 saturated carbocycles. The van der Waals surface area contributed by atoms with Crippen LogP contribution in [0.3, 0.4) is 0 Å². The number of benzene rings is 1. The minimum atomic E-state index is -0.0178. The van der Waals surface area contributed by atoms with E-state index in [1.807, 2.05) is 26.0 Å². The summed E-state index contributed by atoms with van der Waals surface area (Å²) in [6, 6.07) is 5.53. The van der Waals surface area contributed by atoms with Gasteiger partial charge >= 0.3 is 0 Å². The van der Waals surface area contributed by atoms with Crippen molar-refractivity contribution in [2.75, 3.05) is 5.32 Å². The molecule has 1 heterocycles. The zero-order valence-corrected chi connectivity index (χ0v) is 12.9. The number of aryl methyl sites for hydroxylation is 3. The van der Waals surface area contributed by atoms with Gasteiger partial charge in [-0.1, -0.05) is 17.7 Å². The summed E-state index contributed by atoms with van der Waals surface area (Å²) in [4.78, 5) is 20.2. The summed E-state index contributed by atoms with van der Waals surface area (Å²) in [5, 5.41) is 3.63. The van der Waals surface area contributed by atoms with E-state index in [4.69, 9.17) is 11.6 Å². The number of imidazole rings is 1. The Labute approximate surface area is 128 Å². The third-order valence-corrected chi connectivity index (χ3v) is 4.23. The number of carbonyl (C=O) groups excluding carboxylic acids is 1. The lowest BCUT2D eigenvalue weighted by Gasteiger charge is -2.21. The topological polar surface area (TPSA) is 57.8 Å². The summed E-state index contributed by atoms with van der Waals surface area (Å²) >= 11 is 5.99. The minimum Gasteiger partial charge on any atom is -0.346 e. The van der Waals surface area contributed by atoms with Crippen molar-refractivity contribution in [2.24, 2.45) is 5.92 Å². The highest BCUT2D eigenvalue weighted by molar-refractivity contribution is 6.31. The number of hydrogen-bond donors (Lipinski definition) is 2. The zero-order chi connectivity index (χ0) is 15.0. The number of hydrogen-bond acceptors (Lipinski definition) is 2. The van der Waals surface area contributed by atoms with Crippen molar-refractivity contribution in [1.82, 2.24) is 9.97 Å². The number of fused-ring (bicyclic) bond motifs is 1. The molecule has 4 nitrogen and oxygen atoms in total. The van der Waals surface area contributed by atoms with E-state index in [2.05, 4.69) is 15.3 Å². The van der Waals surface area contributed by atoms with Crippen LogP contribution in [0.25, 0.3) is 0 Å². The van der Waals surface area contributed by atoms with Crippen LogP contribution in [-0.4, -0.2) is 15.9 Å². The van der Waals surface area contributed by atoms with E-state index in [0.29, 0.717) is 5.02 Å². The number of nitrogens with one attached hydrogen (secondary N) is 2. The Hall–Kier alpha value is -1.81. The molecule has 1 aliphatic rings. The van der Waals surface area contributed by atoms with Gasteiger partial charge in [0.2, 0.25) is 5.91 Å². The first kappa shape index (κ1) is 14.1. The lowest BCUT2D eigenvalue weighted by molar-refractivity contribution is -0.120. The van der Waals surface area contributed by atoms with Gasteiger partial charge in [0.05, 0.1) is 5.69 Å². The Morgan fingerprint density at radius 3 is 3.05 bits per heavy atom. The van der Waals surface area contributed by atoms with Crippen molar-refractivity contribution in [1.29, 1.82) is 0 Å². The van der Waals surface area contributed by atoms with Gasteiger partial charge in [0.1, 0.15) is 5.82 Å². The van der Waals surface area contributed by atoms with Crippen LogP contribution in [0.15, 0.2) is 18.2 Å². The third-order valence-electron chi connectivity index (χ3n) is 3.99. The summed E-state index contributed by atoms with van der Waals surface area (Å²) in [5.41, 5.74) is 4.01.